The Bertz CT molecular complexity index is 702. The van der Waals surface area contributed by atoms with Gasteiger partial charge in [0.25, 0.3) is 0 Å². The first kappa shape index (κ1) is 17.2. The van der Waals surface area contributed by atoms with Crippen molar-refractivity contribution in [2.24, 2.45) is 5.92 Å². The predicted molar refractivity (Wildman–Crippen MR) is 99.2 cm³/mol. The van der Waals surface area contributed by atoms with E-state index >= 15 is 0 Å². The average molecular weight is 353 g/mol. The lowest BCUT2D eigenvalue weighted by Gasteiger charge is -2.47. The summed E-state index contributed by atoms with van der Waals surface area (Å²) >= 11 is 0. The molecule has 2 fully saturated rings. The van der Waals surface area contributed by atoms with Gasteiger partial charge < -0.3 is 9.47 Å². The number of carbonyl (C=O) groups excluding carboxylic acids is 1. The standard InChI is InChI=1S/C20H27N5O/c26-20-3-2-18-15-24(14-17-4-7-21-8-5-17)12-6-19(18)25(20)11-1-10-23-13-9-22-16-23/h4-5,7-9,13,16,18-19H,1-3,6,10-12,14-15H2/t18-,19+/m1/s1. The fourth-order valence-electron chi connectivity index (χ4n) is 4.45. The zero-order valence-electron chi connectivity index (χ0n) is 15.2. The van der Waals surface area contributed by atoms with Gasteiger partial charge >= 0.3 is 0 Å². The lowest BCUT2D eigenvalue weighted by Crippen LogP contribution is -2.56. The molecule has 6 heteroatoms. The van der Waals surface area contributed by atoms with E-state index in [2.05, 4.69) is 36.5 Å². The van der Waals surface area contributed by atoms with Crippen molar-refractivity contribution in [2.45, 2.75) is 44.8 Å². The summed E-state index contributed by atoms with van der Waals surface area (Å²) in [7, 11) is 0. The van der Waals surface area contributed by atoms with E-state index in [9.17, 15) is 4.79 Å². The number of hydrogen-bond acceptors (Lipinski definition) is 4. The minimum absolute atomic E-state index is 0.347. The Kier molecular flexibility index (Phi) is 5.29. The average Bonchev–Trinajstić information content (AvgIpc) is 3.18. The van der Waals surface area contributed by atoms with Gasteiger partial charge in [0.05, 0.1) is 6.33 Å². The molecule has 2 aliphatic rings. The number of aromatic nitrogens is 3. The first-order valence-electron chi connectivity index (χ1n) is 9.66. The smallest absolute Gasteiger partial charge is 0.222 e. The van der Waals surface area contributed by atoms with Gasteiger partial charge in [-0.1, -0.05) is 0 Å². The van der Waals surface area contributed by atoms with E-state index in [4.69, 9.17) is 0 Å². The minimum atomic E-state index is 0.347. The second-order valence-corrected chi connectivity index (χ2v) is 7.49. The van der Waals surface area contributed by atoms with Gasteiger partial charge in [-0.3, -0.25) is 14.7 Å². The monoisotopic (exact) mass is 353 g/mol. The Labute approximate surface area is 154 Å². The van der Waals surface area contributed by atoms with E-state index in [0.29, 0.717) is 24.3 Å². The van der Waals surface area contributed by atoms with E-state index in [1.807, 2.05) is 24.9 Å². The van der Waals surface area contributed by atoms with Crippen LogP contribution in [0.15, 0.2) is 43.2 Å². The van der Waals surface area contributed by atoms with Crippen molar-refractivity contribution in [1.82, 2.24) is 24.3 Å². The molecule has 0 radical (unpaired) electrons. The SMILES string of the molecule is O=C1CC[C@@H]2CN(Cc3ccncc3)CC[C@@H]2N1CCCn1ccnc1. The van der Waals surface area contributed by atoms with Crippen molar-refractivity contribution in [3.05, 3.63) is 48.8 Å². The maximum absolute atomic E-state index is 12.5. The molecule has 0 bridgehead atoms. The summed E-state index contributed by atoms with van der Waals surface area (Å²) in [5, 5.41) is 0. The normalized spacial score (nSPS) is 23.8. The van der Waals surface area contributed by atoms with E-state index < -0.39 is 0 Å². The molecule has 2 aromatic rings. The quantitative estimate of drug-likeness (QED) is 0.799. The third kappa shape index (κ3) is 3.96. The summed E-state index contributed by atoms with van der Waals surface area (Å²) in [4.78, 5) is 25.4. The lowest BCUT2D eigenvalue weighted by atomic mass is 9.83. The van der Waals surface area contributed by atoms with Gasteiger partial charge in [0, 0.05) is 70.0 Å². The molecule has 0 aromatic carbocycles. The second kappa shape index (κ2) is 7.99. The van der Waals surface area contributed by atoms with Crippen LogP contribution in [0.1, 0.15) is 31.2 Å². The molecule has 2 saturated heterocycles. The molecule has 0 saturated carbocycles. The molecule has 4 rings (SSSR count). The van der Waals surface area contributed by atoms with Gasteiger partial charge in [0.2, 0.25) is 5.91 Å². The first-order valence-corrected chi connectivity index (χ1v) is 9.66. The number of nitrogens with zero attached hydrogens (tertiary/aromatic N) is 5. The maximum Gasteiger partial charge on any atom is 0.222 e. The fraction of sp³-hybridized carbons (Fsp3) is 0.550. The number of piperidine rings is 2. The highest BCUT2D eigenvalue weighted by Crippen LogP contribution is 2.32. The largest absolute Gasteiger partial charge is 0.339 e. The van der Waals surface area contributed by atoms with Crippen LogP contribution in [0.2, 0.25) is 0 Å². The third-order valence-corrected chi connectivity index (χ3v) is 5.76. The molecule has 138 valence electrons. The van der Waals surface area contributed by atoms with Gasteiger partial charge in [-0.15, -0.1) is 0 Å². The topological polar surface area (TPSA) is 54.3 Å². The second-order valence-electron chi connectivity index (χ2n) is 7.49. The van der Waals surface area contributed by atoms with Crippen molar-refractivity contribution < 1.29 is 4.79 Å². The summed E-state index contributed by atoms with van der Waals surface area (Å²) in [6.45, 7) is 4.94. The molecule has 4 heterocycles. The number of amides is 1. The van der Waals surface area contributed by atoms with Gasteiger partial charge in [-0.2, -0.15) is 0 Å². The number of aryl methyl sites for hydroxylation is 1. The first-order chi connectivity index (χ1) is 12.8. The Morgan fingerprint density at radius 2 is 1.96 bits per heavy atom. The zero-order valence-corrected chi connectivity index (χ0v) is 15.2. The molecular weight excluding hydrogens is 326 g/mol. The number of fused-ring (bicyclic) bond motifs is 1. The zero-order chi connectivity index (χ0) is 17.8. The third-order valence-electron chi connectivity index (χ3n) is 5.76. The van der Waals surface area contributed by atoms with Gasteiger partial charge in [-0.05, 0) is 42.9 Å². The van der Waals surface area contributed by atoms with Crippen LogP contribution in [0.5, 0.6) is 0 Å². The molecule has 0 unspecified atom stereocenters. The molecule has 26 heavy (non-hydrogen) atoms. The molecule has 0 spiro atoms. The van der Waals surface area contributed by atoms with Crippen LogP contribution in [0.3, 0.4) is 0 Å². The van der Waals surface area contributed by atoms with Crippen molar-refractivity contribution in [3.63, 3.8) is 0 Å². The van der Waals surface area contributed by atoms with Crippen molar-refractivity contribution in [3.8, 4) is 0 Å². The van der Waals surface area contributed by atoms with Crippen molar-refractivity contribution in [2.75, 3.05) is 19.6 Å². The van der Waals surface area contributed by atoms with Gasteiger partial charge in [0.15, 0.2) is 0 Å². The molecule has 6 nitrogen and oxygen atoms in total. The fourth-order valence-corrected chi connectivity index (χ4v) is 4.45. The summed E-state index contributed by atoms with van der Waals surface area (Å²) in [6.07, 6.45) is 13.2. The Hall–Kier alpha value is -2.21. The van der Waals surface area contributed by atoms with E-state index in [1.54, 1.807) is 6.20 Å². The highest BCUT2D eigenvalue weighted by molar-refractivity contribution is 5.77. The van der Waals surface area contributed by atoms with Crippen LogP contribution in [0.4, 0.5) is 0 Å². The highest BCUT2D eigenvalue weighted by Gasteiger charge is 2.38. The van der Waals surface area contributed by atoms with Crippen molar-refractivity contribution >= 4 is 5.91 Å². The number of hydrogen-bond donors (Lipinski definition) is 0. The molecular formula is C20H27N5O. The molecule has 0 aliphatic carbocycles. The number of pyridine rings is 1. The van der Waals surface area contributed by atoms with Crippen LogP contribution < -0.4 is 0 Å². The van der Waals surface area contributed by atoms with E-state index in [-0.39, 0.29) is 0 Å². The molecule has 2 aromatic heterocycles. The maximum atomic E-state index is 12.5. The Morgan fingerprint density at radius 1 is 1.08 bits per heavy atom. The molecule has 0 N–H and O–H groups in total. The van der Waals surface area contributed by atoms with E-state index in [1.165, 1.54) is 5.56 Å². The Morgan fingerprint density at radius 3 is 2.77 bits per heavy atom. The lowest BCUT2D eigenvalue weighted by molar-refractivity contribution is -0.141. The number of rotatable bonds is 6. The molecule has 1 amide bonds. The summed E-state index contributed by atoms with van der Waals surface area (Å²) in [5.74, 6) is 0.955. The van der Waals surface area contributed by atoms with Crippen LogP contribution in [-0.4, -0.2) is 55.9 Å². The molecule has 2 aliphatic heterocycles. The summed E-state index contributed by atoms with van der Waals surface area (Å²) in [6, 6.07) is 4.62. The van der Waals surface area contributed by atoms with E-state index in [0.717, 1.165) is 52.0 Å². The molecule has 2 atom stereocenters. The Balaban J connectivity index is 1.33. The number of carbonyl (C=O) groups is 1. The minimum Gasteiger partial charge on any atom is -0.339 e. The predicted octanol–water partition coefficient (Wildman–Crippen LogP) is 2.18. The van der Waals surface area contributed by atoms with Crippen LogP contribution in [0, 0.1) is 5.92 Å². The van der Waals surface area contributed by atoms with Crippen LogP contribution in [0.25, 0.3) is 0 Å². The van der Waals surface area contributed by atoms with Gasteiger partial charge in [0.1, 0.15) is 0 Å². The van der Waals surface area contributed by atoms with Crippen molar-refractivity contribution in [1.29, 1.82) is 0 Å². The van der Waals surface area contributed by atoms with Crippen LogP contribution in [-0.2, 0) is 17.9 Å². The van der Waals surface area contributed by atoms with Crippen LogP contribution >= 0.6 is 0 Å². The number of imidazole rings is 1. The number of likely N-dealkylation sites (tertiary alicyclic amines) is 2. The highest BCUT2D eigenvalue weighted by atomic mass is 16.2. The summed E-state index contributed by atoms with van der Waals surface area (Å²) in [5.41, 5.74) is 1.32. The summed E-state index contributed by atoms with van der Waals surface area (Å²) < 4.78 is 2.09. The van der Waals surface area contributed by atoms with Gasteiger partial charge in [-0.25, -0.2) is 4.98 Å².